The van der Waals surface area contributed by atoms with Gasteiger partial charge in [0.15, 0.2) is 0 Å². The first-order valence-corrected chi connectivity index (χ1v) is 6.97. The number of hydrogen-bond acceptors (Lipinski definition) is 2. The molecule has 0 saturated heterocycles. The molecule has 0 radical (unpaired) electrons. The van der Waals surface area contributed by atoms with E-state index < -0.39 is 6.04 Å². The topological polar surface area (TPSA) is 58.2 Å². The van der Waals surface area contributed by atoms with Crippen molar-refractivity contribution in [1.82, 2.24) is 10.6 Å². The van der Waals surface area contributed by atoms with Gasteiger partial charge in [0, 0.05) is 13.0 Å². The van der Waals surface area contributed by atoms with E-state index >= 15 is 0 Å². The minimum absolute atomic E-state index is 0.0419. The van der Waals surface area contributed by atoms with E-state index in [0.29, 0.717) is 0 Å². The molecule has 4 heteroatoms. The minimum atomic E-state index is -0.415. The lowest BCUT2D eigenvalue weighted by Crippen LogP contribution is -2.52. The van der Waals surface area contributed by atoms with Crippen molar-refractivity contribution in [3.05, 3.63) is 0 Å². The SMILES string of the molecule is CC(=O)NC(C(=O)NC1CCC(C)CC1)C(C)C. The van der Waals surface area contributed by atoms with E-state index in [-0.39, 0.29) is 23.8 Å². The summed E-state index contributed by atoms with van der Waals surface area (Å²) in [5.74, 6) is 0.687. The number of amides is 2. The lowest BCUT2D eigenvalue weighted by molar-refractivity contribution is -0.129. The Labute approximate surface area is 110 Å². The smallest absolute Gasteiger partial charge is 0.243 e. The van der Waals surface area contributed by atoms with Crippen molar-refractivity contribution in [3.8, 4) is 0 Å². The van der Waals surface area contributed by atoms with Gasteiger partial charge in [0.1, 0.15) is 6.04 Å². The van der Waals surface area contributed by atoms with Gasteiger partial charge >= 0.3 is 0 Å². The van der Waals surface area contributed by atoms with Crippen LogP contribution in [0.3, 0.4) is 0 Å². The molecule has 2 N–H and O–H groups in total. The second kappa shape index (κ2) is 6.76. The van der Waals surface area contributed by atoms with Gasteiger partial charge in [-0.3, -0.25) is 9.59 Å². The normalized spacial score (nSPS) is 25.6. The molecule has 4 nitrogen and oxygen atoms in total. The molecule has 0 aromatic heterocycles. The molecule has 1 fully saturated rings. The summed E-state index contributed by atoms with van der Waals surface area (Å²) in [6.45, 7) is 7.60. The molecule has 104 valence electrons. The van der Waals surface area contributed by atoms with Gasteiger partial charge in [-0.1, -0.05) is 20.8 Å². The third-order valence-corrected chi connectivity index (χ3v) is 3.67. The van der Waals surface area contributed by atoms with Crippen molar-refractivity contribution in [3.63, 3.8) is 0 Å². The van der Waals surface area contributed by atoms with Crippen LogP contribution in [-0.2, 0) is 9.59 Å². The Morgan fingerprint density at radius 1 is 1.11 bits per heavy atom. The maximum absolute atomic E-state index is 12.1. The van der Waals surface area contributed by atoms with Gasteiger partial charge in [0.05, 0.1) is 0 Å². The first kappa shape index (κ1) is 15.0. The van der Waals surface area contributed by atoms with Crippen LogP contribution < -0.4 is 10.6 Å². The average Bonchev–Trinajstić information content (AvgIpc) is 2.28. The Kier molecular flexibility index (Phi) is 5.63. The van der Waals surface area contributed by atoms with E-state index in [9.17, 15) is 9.59 Å². The Morgan fingerprint density at radius 2 is 1.67 bits per heavy atom. The van der Waals surface area contributed by atoms with Crippen molar-refractivity contribution in [2.24, 2.45) is 11.8 Å². The quantitative estimate of drug-likeness (QED) is 0.804. The largest absolute Gasteiger partial charge is 0.352 e. The molecule has 18 heavy (non-hydrogen) atoms. The van der Waals surface area contributed by atoms with Crippen molar-refractivity contribution < 1.29 is 9.59 Å². The second-order valence-electron chi connectivity index (χ2n) is 5.89. The summed E-state index contributed by atoms with van der Waals surface area (Å²) in [7, 11) is 0. The number of hydrogen-bond donors (Lipinski definition) is 2. The molecule has 1 unspecified atom stereocenters. The summed E-state index contributed by atoms with van der Waals surface area (Å²) in [4.78, 5) is 23.3. The Bertz CT molecular complexity index is 294. The van der Waals surface area contributed by atoms with Crippen LogP contribution in [0.2, 0.25) is 0 Å². The fourth-order valence-corrected chi connectivity index (χ4v) is 2.45. The third kappa shape index (κ3) is 4.67. The van der Waals surface area contributed by atoms with E-state index in [0.717, 1.165) is 18.8 Å². The van der Waals surface area contributed by atoms with Gasteiger partial charge in [-0.2, -0.15) is 0 Å². The predicted octanol–water partition coefficient (Wildman–Crippen LogP) is 1.84. The zero-order valence-corrected chi connectivity index (χ0v) is 12.0. The zero-order valence-electron chi connectivity index (χ0n) is 12.0. The van der Waals surface area contributed by atoms with Crippen LogP contribution in [0, 0.1) is 11.8 Å². The van der Waals surface area contributed by atoms with Crippen molar-refractivity contribution >= 4 is 11.8 Å². The first-order chi connectivity index (χ1) is 8.40. The maximum atomic E-state index is 12.1. The molecule has 0 spiro atoms. The Morgan fingerprint density at radius 3 is 2.11 bits per heavy atom. The standard InChI is InChI=1S/C14H26N2O2/c1-9(2)13(15-11(4)17)14(18)16-12-7-5-10(3)6-8-12/h9-10,12-13H,5-8H2,1-4H3,(H,15,17)(H,16,18). The van der Waals surface area contributed by atoms with Gasteiger partial charge < -0.3 is 10.6 Å². The first-order valence-electron chi connectivity index (χ1n) is 6.97. The monoisotopic (exact) mass is 254 g/mol. The second-order valence-corrected chi connectivity index (χ2v) is 5.89. The molecule has 0 aromatic carbocycles. The summed E-state index contributed by atoms with van der Waals surface area (Å²) in [5.41, 5.74) is 0. The molecule has 1 saturated carbocycles. The molecule has 0 heterocycles. The van der Waals surface area contributed by atoms with Crippen LogP contribution in [0.15, 0.2) is 0 Å². The van der Waals surface area contributed by atoms with E-state index in [1.807, 2.05) is 13.8 Å². The van der Waals surface area contributed by atoms with Gasteiger partial charge in [0.2, 0.25) is 11.8 Å². The summed E-state index contributed by atoms with van der Waals surface area (Å²) in [5, 5.41) is 5.80. The minimum Gasteiger partial charge on any atom is -0.352 e. The van der Waals surface area contributed by atoms with E-state index in [4.69, 9.17) is 0 Å². The molecule has 1 atom stereocenters. The van der Waals surface area contributed by atoms with Gasteiger partial charge in [0.25, 0.3) is 0 Å². The van der Waals surface area contributed by atoms with Crippen LogP contribution in [0.4, 0.5) is 0 Å². The number of nitrogens with one attached hydrogen (secondary N) is 2. The summed E-state index contributed by atoms with van der Waals surface area (Å²) in [6.07, 6.45) is 4.46. The van der Waals surface area contributed by atoms with Crippen LogP contribution in [0.5, 0.6) is 0 Å². The van der Waals surface area contributed by atoms with Crippen LogP contribution in [0.1, 0.15) is 53.4 Å². The van der Waals surface area contributed by atoms with Crippen LogP contribution >= 0.6 is 0 Å². The average molecular weight is 254 g/mol. The molecule has 1 aliphatic carbocycles. The van der Waals surface area contributed by atoms with Crippen LogP contribution in [-0.4, -0.2) is 23.9 Å². The highest BCUT2D eigenvalue weighted by atomic mass is 16.2. The number of carbonyl (C=O) groups is 2. The van der Waals surface area contributed by atoms with Crippen LogP contribution in [0.25, 0.3) is 0 Å². The fraction of sp³-hybridized carbons (Fsp3) is 0.857. The van der Waals surface area contributed by atoms with Crippen molar-refractivity contribution in [2.75, 3.05) is 0 Å². The summed E-state index contributed by atoms with van der Waals surface area (Å²) < 4.78 is 0. The molecular formula is C14H26N2O2. The number of carbonyl (C=O) groups excluding carboxylic acids is 2. The highest BCUT2D eigenvalue weighted by Gasteiger charge is 2.26. The van der Waals surface area contributed by atoms with E-state index in [1.54, 1.807) is 0 Å². The zero-order chi connectivity index (χ0) is 13.7. The molecular weight excluding hydrogens is 228 g/mol. The van der Waals surface area contributed by atoms with Gasteiger partial charge in [-0.25, -0.2) is 0 Å². The summed E-state index contributed by atoms with van der Waals surface area (Å²) in [6, 6.07) is -0.134. The van der Waals surface area contributed by atoms with E-state index in [1.165, 1.54) is 19.8 Å². The summed E-state index contributed by atoms with van der Waals surface area (Å²) >= 11 is 0. The molecule has 0 aromatic rings. The molecule has 1 aliphatic rings. The maximum Gasteiger partial charge on any atom is 0.243 e. The van der Waals surface area contributed by atoms with Gasteiger partial charge in [-0.05, 0) is 37.5 Å². The van der Waals surface area contributed by atoms with Crippen molar-refractivity contribution in [1.29, 1.82) is 0 Å². The Hall–Kier alpha value is -1.06. The molecule has 0 aliphatic heterocycles. The fourth-order valence-electron chi connectivity index (χ4n) is 2.45. The highest BCUT2D eigenvalue weighted by Crippen LogP contribution is 2.23. The highest BCUT2D eigenvalue weighted by molar-refractivity contribution is 5.87. The lowest BCUT2D eigenvalue weighted by Gasteiger charge is -2.29. The van der Waals surface area contributed by atoms with Crippen molar-refractivity contribution in [2.45, 2.75) is 65.5 Å². The molecule has 0 bridgehead atoms. The Balaban J connectivity index is 2.48. The van der Waals surface area contributed by atoms with E-state index in [2.05, 4.69) is 17.6 Å². The van der Waals surface area contributed by atoms with Gasteiger partial charge in [-0.15, -0.1) is 0 Å². The molecule has 2 amide bonds. The lowest BCUT2D eigenvalue weighted by atomic mass is 9.87. The molecule has 1 rings (SSSR count). The predicted molar refractivity (Wildman–Crippen MR) is 72.0 cm³/mol. The number of rotatable bonds is 4. The third-order valence-electron chi connectivity index (χ3n) is 3.67.